The summed E-state index contributed by atoms with van der Waals surface area (Å²) in [4.78, 5) is 38.9. The zero-order valence-corrected chi connectivity index (χ0v) is 25.9. The summed E-state index contributed by atoms with van der Waals surface area (Å²) in [6.45, 7) is 3.65. The first kappa shape index (κ1) is 33.8. The topological polar surface area (TPSA) is 127 Å². The van der Waals surface area contributed by atoms with Crippen LogP contribution in [0.1, 0.15) is 19.3 Å². The van der Waals surface area contributed by atoms with Gasteiger partial charge in [0.2, 0.25) is 0 Å². The minimum absolute atomic E-state index is 0.291. The van der Waals surface area contributed by atoms with Gasteiger partial charge in [-0.05, 0) is 112 Å². The predicted octanol–water partition coefficient (Wildman–Crippen LogP) is 6.88. The van der Waals surface area contributed by atoms with Crippen molar-refractivity contribution < 1.29 is 14.4 Å². The highest BCUT2D eigenvalue weighted by Crippen LogP contribution is 2.15. The Hall–Kier alpha value is -3.70. The predicted molar refractivity (Wildman–Crippen MR) is 176 cm³/mol. The van der Waals surface area contributed by atoms with Gasteiger partial charge in [-0.2, -0.15) is 0 Å². The van der Waals surface area contributed by atoms with E-state index < -0.39 is 0 Å². The van der Waals surface area contributed by atoms with Crippen molar-refractivity contribution in [2.24, 2.45) is 0 Å². The molecule has 3 aromatic carbocycles. The molecule has 0 bridgehead atoms. The van der Waals surface area contributed by atoms with Crippen molar-refractivity contribution in [2.45, 2.75) is 19.3 Å². The largest absolute Gasteiger partial charge is 0.338 e. The van der Waals surface area contributed by atoms with E-state index in [2.05, 4.69) is 36.8 Å². The summed E-state index contributed by atoms with van der Waals surface area (Å²) in [7, 11) is 0. The van der Waals surface area contributed by atoms with Crippen LogP contribution in [0.15, 0.2) is 72.8 Å². The zero-order chi connectivity index (χ0) is 30.9. The molecule has 3 rings (SSSR count). The van der Waals surface area contributed by atoms with Crippen LogP contribution >= 0.6 is 34.8 Å². The van der Waals surface area contributed by atoms with Crippen LogP contribution in [-0.4, -0.2) is 62.3 Å². The second kappa shape index (κ2) is 18.8. The van der Waals surface area contributed by atoms with E-state index in [0.717, 1.165) is 38.9 Å². The number of urea groups is 3. The summed E-state index contributed by atoms with van der Waals surface area (Å²) in [6, 6.07) is 19.8. The highest BCUT2D eigenvalue weighted by molar-refractivity contribution is 6.31. The monoisotopic (exact) mass is 647 g/mol. The molecular weight excluding hydrogens is 613 g/mol. The van der Waals surface area contributed by atoms with Gasteiger partial charge in [0.15, 0.2) is 0 Å². The van der Waals surface area contributed by atoms with Crippen molar-refractivity contribution in [3.05, 3.63) is 87.9 Å². The lowest BCUT2D eigenvalue weighted by atomic mass is 10.3. The number of rotatable bonds is 15. The summed E-state index contributed by atoms with van der Waals surface area (Å²) < 4.78 is 0. The van der Waals surface area contributed by atoms with Gasteiger partial charge in [0.25, 0.3) is 0 Å². The molecule has 0 unspecified atom stereocenters. The van der Waals surface area contributed by atoms with Crippen molar-refractivity contribution in [3.63, 3.8) is 0 Å². The van der Waals surface area contributed by atoms with Gasteiger partial charge in [-0.15, -0.1) is 0 Å². The molecule has 0 atom stereocenters. The molecule has 6 amide bonds. The van der Waals surface area contributed by atoms with Crippen LogP contribution in [0.4, 0.5) is 31.4 Å². The van der Waals surface area contributed by atoms with E-state index in [9.17, 15) is 14.4 Å². The summed E-state index contributed by atoms with van der Waals surface area (Å²) in [5.41, 5.74) is 1.97. The number of carbonyl (C=O) groups is 3. The smallest absolute Gasteiger partial charge is 0.319 e. The maximum absolute atomic E-state index is 12.2. The Morgan fingerprint density at radius 1 is 0.465 bits per heavy atom. The van der Waals surface area contributed by atoms with Gasteiger partial charge in [0.1, 0.15) is 0 Å². The third-order valence-electron chi connectivity index (χ3n) is 6.12. The molecule has 6 N–H and O–H groups in total. The number of anilines is 3. The van der Waals surface area contributed by atoms with Gasteiger partial charge in [0, 0.05) is 51.8 Å². The number of hydrogen-bond acceptors (Lipinski definition) is 4. The van der Waals surface area contributed by atoms with E-state index in [1.165, 1.54) is 0 Å². The normalized spacial score (nSPS) is 10.6. The Morgan fingerprint density at radius 2 is 0.721 bits per heavy atom. The van der Waals surface area contributed by atoms with Crippen LogP contribution in [0.3, 0.4) is 0 Å². The first-order chi connectivity index (χ1) is 20.8. The average Bonchev–Trinajstić information content (AvgIpc) is 2.98. The zero-order valence-electron chi connectivity index (χ0n) is 23.6. The second-order valence-corrected chi connectivity index (χ2v) is 10.9. The molecule has 43 heavy (non-hydrogen) atoms. The Labute approximate surface area is 266 Å². The number of nitrogens with one attached hydrogen (secondary N) is 6. The Bertz CT molecular complexity index is 1130. The third-order valence-corrected chi connectivity index (χ3v) is 6.87. The van der Waals surface area contributed by atoms with E-state index >= 15 is 0 Å². The standard InChI is InChI=1S/C30H36Cl3N7O3/c31-22-4-10-25(11-5-22)37-28(41)34-16-1-19-40(20-2-17-35-29(42)38-26-12-6-23(32)7-13-26)21-3-18-36-30(43)39-27-14-8-24(33)9-15-27/h4-15H,1-3,16-21H2,(H2,34,37,41)(H2,35,38,42)(H2,36,39,43). The lowest BCUT2D eigenvalue weighted by Gasteiger charge is -2.22. The second-order valence-electron chi connectivity index (χ2n) is 9.57. The van der Waals surface area contributed by atoms with Gasteiger partial charge >= 0.3 is 18.1 Å². The first-order valence-corrected chi connectivity index (χ1v) is 15.0. The quantitative estimate of drug-likeness (QED) is 0.100. The molecule has 10 nitrogen and oxygen atoms in total. The molecule has 0 spiro atoms. The molecule has 0 saturated carbocycles. The summed E-state index contributed by atoms with van der Waals surface area (Å²) in [6.07, 6.45) is 2.18. The molecule has 0 aliphatic rings. The fourth-order valence-electron chi connectivity index (χ4n) is 3.97. The van der Waals surface area contributed by atoms with Crippen molar-refractivity contribution >= 4 is 70.0 Å². The van der Waals surface area contributed by atoms with Gasteiger partial charge in [0.05, 0.1) is 0 Å². The van der Waals surface area contributed by atoms with E-state index in [-0.39, 0.29) is 18.1 Å². The van der Waals surface area contributed by atoms with Gasteiger partial charge in [-0.1, -0.05) is 34.8 Å². The van der Waals surface area contributed by atoms with Gasteiger partial charge in [-0.25, -0.2) is 14.4 Å². The maximum Gasteiger partial charge on any atom is 0.319 e. The number of nitrogens with zero attached hydrogens (tertiary/aromatic N) is 1. The highest BCUT2D eigenvalue weighted by Gasteiger charge is 2.08. The molecular formula is C30H36Cl3N7O3. The minimum Gasteiger partial charge on any atom is -0.338 e. The van der Waals surface area contributed by atoms with Crippen molar-refractivity contribution in [2.75, 3.05) is 55.2 Å². The van der Waals surface area contributed by atoms with Crippen LogP contribution in [0.25, 0.3) is 0 Å². The molecule has 0 aromatic heterocycles. The minimum atomic E-state index is -0.291. The third kappa shape index (κ3) is 14.4. The summed E-state index contributed by atoms with van der Waals surface area (Å²) in [5.74, 6) is 0. The molecule has 0 saturated heterocycles. The highest BCUT2D eigenvalue weighted by atomic mass is 35.5. The van der Waals surface area contributed by atoms with Crippen LogP contribution in [0.5, 0.6) is 0 Å². The van der Waals surface area contributed by atoms with Crippen molar-refractivity contribution in [3.8, 4) is 0 Å². The maximum atomic E-state index is 12.2. The number of amides is 6. The fourth-order valence-corrected chi connectivity index (χ4v) is 4.35. The molecule has 0 radical (unpaired) electrons. The van der Waals surface area contributed by atoms with E-state index in [1.807, 2.05) is 0 Å². The van der Waals surface area contributed by atoms with Gasteiger partial charge in [-0.3, -0.25) is 0 Å². The molecule has 0 fully saturated rings. The first-order valence-electron chi connectivity index (χ1n) is 13.9. The lowest BCUT2D eigenvalue weighted by Crippen LogP contribution is -2.36. The van der Waals surface area contributed by atoms with E-state index in [1.54, 1.807) is 72.8 Å². The van der Waals surface area contributed by atoms with E-state index in [0.29, 0.717) is 51.8 Å². The van der Waals surface area contributed by atoms with Crippen LogP contribution < -0.4 is 31.9 Å². The summed E-state index contributed by atoms with van der Waals surface area (Å²) in [5, 5.41) is 18.7. The van der Waals surface area contributed by atoms with Gasteiger partial charge < -0.3 is 36.8 Å². The molecule has 3 aromatic rings. The average molecular weight is 649 g/mol. The Kier molecular flexibility index (Phi) is 14.7. The molecule has 13 heteroatoms. The number of carbonyl (C=O) groups excluding carboxylic acids is 3. The van der Waals surface area contributed by atoms with Crippen LogP contribution in [-0.2, 0) is 0 Å². The number of benzene rings is 3. The molecule has 230 valence electrons. The Morgan fingerprint density at radius 3 is 0.977 bits per heavy atom. The fraction of sp³-hybridized carbons (Fsp3) is 0.300. The molecule has 0 aliphatic carbocycles. The van der Waals surface area contributed by atoms with Crippen molar-refractivity contribution in [1.29, 1.82) is 0 Å². The van der Waals surface area contributed by atoms with Crippen LogP contribution in [0.2, 0.25) is 15.1 Å². The molecule has 0 aliphatic heterocycles. The Balaban J connectivity index is 1.38. The molecule has 0 heterocycles. The SMILES string of the molecule is O=C(NCCCN(CCCNC(=O)Nc1ccc(Cl)cc1)CCCNC(=O)Nc1ccc(Cl)cc1)Nc1ccc(Cl)cc1. The van der Waals surface area contributed by atoms with Crippen molar-refractivity contribution in [1.82, 2.24) is 20.9 Å². The number of halogens is 3. The van der Waals surface area contributed by atoms with E-state index in [4.69, 9.17) is 34.8 Å². The number of hydrogen-bond donors (Lipinski definition) is 6. The van der Waals surface area contributed by atoms with Crippen LogP contribution in [0, 0.1) is 0 Å². The summed E-state index contributed by atoms with van der Waals surface area (Å²) >= 11 is 17.7. The lowest BCUT2D eigenvalue weighted by molar-refractivity contribution is 0.242.